The second-order valence-corrected chi connectivity index (χ2v) is 5.93. The minimum Gasteiger partial charge on any atom is -0.378 e. The summed E-state index contributed by atoms with van der Waals surface area (Å²) in [7, 11) is 0. The van der Waals surface area contributed by atoms with E-state index in [0.717, 1.165) is 47.8 Å². The third-order valence-corrected chi connectivity index (χ3v) is 4.38. The molecule has 0 saturated carbocycles. The highest BCUT2D eigenvalue weighted by molar-refractivity contribution is 6.09. The van der Waals surface area contributed by atoms with Crippen LogP contribution in [0.3, 0.4) is 0 Å². The fraction of sp³-hybridized carbons (Fsp3) is 0.421. The molecule has 2 nitrogen and oxygen atoms in total. The van der Waals surface area contributed by atoms with E-state index in [-0.39, 0.29) is 11.9 Å². The number of hydrogen-bond acceptors (Lipinski definition) is 2. The minimum absolute atomic E-state index is 0.249. The fourth-order valence-corrected chi connectivity index (χ4v) is 3.20. The number of ether oxygens (including phenoxy) is 1. The maximum atomic E-state index is 12.7. The van der Waals surface area contributed by atoms with Crippen LogP contribution >= 0.6 is 0 Å². The number of benzene rings is 2. The van der Waals surface area contributed by atoms with Crippen molar-refractivity contribution in [1.82, 2.24) is 0 Å². The van der Waals surface area contributed by atoms with Crippen LogP contribution in [-0.2, 0) is 4.74 Å². The molecule has 1 fully saturated rings. The molecule has 1 atom stereocenters. The molecule has 0 spiro atoms. The van der Waals surface area contributed by atoms with Crippen LogP contribution in [0.1, 0.15) is 48.0 Å². The predicted octanol–water partition coefficient (Wildman–Crippen LogP) is 4.68. The summed E-state index contributed by atoms with van der Waals surface area (Å²) in [6.45, 7) is 2.88. The Morgan fingerprint density at radius 1 is 1.19 bits per heavy atom. The largest absolute Gasteiger partial charge is 0.378 e. The zero-order valence-electron chi connectivity index (χ0n) is 12.6. The van der Waals surface area contributed by atoms with Crippen LogP contribution in [0.15, 0.2) is 36.4 Å². The topological polar surface area (TPSA) is 26.3 Å². The highest BCUT2D eigenvalue weighted by Gasteiger charge is 2.18. The van der Waals surface area contributed by atoms with Gasteiger partial charge in [-0.05, 0) is 48.9 Å². The van der Waals surface area contributed by atoms with Gasteiger partial charge >= 0.3 is 0 Å². The van der Waals surface area contributed by atoms with Gasteiger partial charge in [0.1, 0.15) is 0 Å². The third kappa shape index (κ3) is 3.16. The zero-order valence-corrected chi connectivity index (χ0v) is 12.6. The maximum Gasteiger partial charge on any atom is 0.163 e. The number of hydrogen-bond donors (Lipinski definition) is 0. The number of Topliss-reactive ketones (excluding diaryl/α,β-unsaturated/α-hetero) is 1. The van der Waals surface area contributed by atoms with E-state index in [0.29, 0.717) is 6.42 Å². The lowest BCUT2D eigenvalue weighted by Gasteiger charge is -2.22. The van der Waals surface area contributed by atoms with E-state index in [9.17, 15) is 4.79 Å². The molecule has 3 rings (SSSR count). The molecule has 21 heavy (non-hydrogen) atoms. The van der Waals surface area contributed by atoms with E-state index in [1.54, 1.807) is 0 Å². The molecule has 1 unspecified atom stereocenters. The van der Waals surface area contributed by atoms with Crippen molar-refractivity contribution in [3.8, 4) is 0 Å². The molecule has 1 saturated heterocycles. The molecule has 0 amide bonds. The highest BCUT2D eigenvalue weighted by atomic mass is 16.5. The first-order valence-electron chi connectivity index (χ1n) is 7.89. The van der Waals surface area contributed by atoms with Gasteiger partial charge in [-0.15, -0.1) is 0 Å². The molecule has 2 aromatic carbocycles. The van der Waals surface area contributed by atoms with Crippen molar-refractivity contribution in [2.24, 2.45) is 0 Å². The molecule has 110 valence electrons. The number of carbonyl (C=O) groups excluding carboxylic acids is 1. The van der Waals surface area contributed by atoms with Crippen molar-refractivity contribution in [3.05, 3.63) is 47.5 Å². The van der Waals surface area contributed by atoms with Gasteiger partial charge in [-0.25, -0.2) is 0 Å². The van der Waals surface area contributed by atoms with E-state index in [1.165, 1.54) is 6.42 Å². The Balaban J connectivity index is 1.79. The molecule has 2 heteroatoms. The van der Waals surface area contributed by atoms with Crippen molar-refractivity contribution in [2.45, 2.75) is 45.1 Å². The Hall–Kier alpha value is -1.67. The molecule has 0 aliphatic carbocycles. The van der Waals surface area contributed by atoms with Gasteiger partial charge in [0.15, 0.2) is 5.78 Å². The summed E-state index contributed by atoms with van der Waals surface area (Å²) in [6, 6.07) is 12.3. The molecular weight excluding hydrogens is 260 g/mol. The number of aryl methyl sites for hydroxylation is 1. The van der Waals surface area contributed by atoms with Gasteiger partial charge in [-0.1, -0.05) is 36.4 Å². The van der Waals surface area contributed by atoms with E-state index in [1.807, 2.05) is 31.2 Å². The standard InChI is InChI=1S/C19H22O2/c1-14-9-10-15-6-2-3-8-17(15)19(14)18(20)12-11-16-7-4-5-13-21-16/h2-3,6,8-10,16H,4-5,7,11-13H2,1H3. The van der Waals surface area contributed by atoms with Crippen LogP contribution < -0.4 is 0 Å². The summed E-state index contributed by atoms with van der Waals surface area (Å²) in [5.41, 5.74) is 1.96. The Bertz CT molecular complexity index is 639. The summed E-state index contributed by atoms with van der Waals surface area (Å²) < 4.78 is 5.73. The molecule has 0 aromatic heterocycles. The van der Waals surface area contributed by atoms with Gasteiger partial charge < -0.3 is 4.74 Å². The van der Waals surface area contributed by atoms with Crippen LogP contribution in [-0.4, -0.2) is 18.5 Å². The Kier molecular flexibility index (Phi) is 4.35. The average molecular weight is 282 g/mol. The Labute approximate surface area is 126 Å². The molecule has 1 heterocycles. The Morgan fingerprint density at radius 3 is 2.86 bits per heavy atom. The van der Waals surface area contributed by atoms with Crippen molar-refractivity contribution in [2.75, 3.05) is 6.61 Å². The SMILES string of the molecule is Cc1ccc2ccccc2c1C(=O)CCC1CCCCO1. The van der Waals surface area contributed by atoms with Crippen LogP contribution in [0.5, 0.6) is 0 Å². The number of carbonyl (C=O) groups is 1. The van der Waals surface area contributed by atoms with Gasteiger partial charge in [0, 0.05) is 18.6 Å². The van der Waals surface area contributed by atoms with Crippen LogP contribution in [0, 0.1) is 6.92 Å². The monoisotopic (exact) mass is 282 g/mol. The second kappa shape index (κ2) is 6.40. The predicted molar refractivity (Wildman–Crippen MR) is 85.8 cm³/mol. The maximum absolute atomic E-state index is 12.7. The van der Waals surface area contributed by atoms with Crippen molar-refractivity contribution < 1.29 is 9.53 Å². The smallest absolute Gasteiger partial charge is 0.163 e. The van der Waals surface area contributed by atoms with Crippen LogP contribution in [0.2, 0.25) is 0 Å². The quantitative estimate of drug-likeness (QED) is 0.761. The van der Waals surface area contributed by atoms with Gasteiger partial charge in [0.05, 0.1) is 6.10 Å². The average Bonchev–Trinajstić information content (AvgIpc) is 2.53. The van der Waals surface area contributed by atoms with E-state index >= 15 is 0 Å². The summed E-state index contributed by atoms with van der Waals surface area (Å²) in [6.07, 6.45) is 5.19. The third-order valence-electron chi connectivity index (χ3n) is 4.38. The van der Waals surface area contributed by atoms with Gasteiger partial charge in [0.2, 0.25) is 0 Å². The Morgan fingerprint density at radius 2 is 2.05 bits per heavy atom. The van der Waals surface area contributed by atoms with Gasteiger partial charge in [-0.3, -0.25) is 4.79 Å². The van der Waals surface area contributed by atoms with E-state index in [4.69, 9.17) is 4.74 Å². The van der Waals surface area contributed by atoms with E-state index < -0.39 is 0 Å². The highest BCUT2D eigenvalue weighted by Crippen LogP contribution is 2.25. The van der Waals surface area contributed by atoms with Crippen LogP contribution in [0.25, 0.3) is 10.8 Å². The number of rotatable bonds is 4. The number of ketones is 1. The fourth-order valence-electron chi connectivity index (χ4n) is 3.20. The van der Waals surface area contributed by atoms with Gasteiger partial charge in [-0.2, -0.15) is 0 Å². The second-order valence-electron chi connectivity index (χ2n) is 5.93. The van der Waals surface area contributed by atoms with Crippen molar-refractivity contribution in [3.63, 3.8) is 0 Å². The summed E-state index contributed by atoms with van der Waals surface area (Å²) in [5, 5.41) is 2.22. The molecule has 0 N–H and O–H groups in total. The minimum atomic E-state index is 0.249. The molecule has 1 aliphatic rings. The zero-order chi connectivity index (χ0) is 14.7. The van der Waals surface area contributed by atoms with Gasteiger partial charge in [0.25, 0.3) is 0 Å². The lowest BCUT2D eigenvalue weighted by atomic mass is 9.93. The lowest BCUT2D eigenvalue weighted by Crippen LogP contribution is -2.20. The normalized spacial score (nSPS) is 18.8. The van der Waals surface area contributed by atoms with Crippen molar-refractivity contribution in [1.29, 1.82) is 0 Å². The molecule has 0 radical (unpaired) electrons. The van der Waals surface area contributed by atoms with E-state index in [2.05, 4.69) is 12.1 Å². The first kappa shape index (κ1) is 14.3. The summed E-state index contributed by atoms with van der Waals surface area (Å²) in [5.74, 6) is 0.249. The van der Waals surface area contributed by atoms with Crippen LogP contribution in [0.4, 0.5) is 0 Å². The molecule has 2 aromatic rings. The first-order chi connectivity index (χ1) is 10.3. The molecule has 1 aliphatic heterocycles. The molecule has 0 bridgehead atoms. The molecular formula is C19H22O2. The van der Waals surface area contributed by atoms with Crippen molar-refractivity contribution >= 4 is 16.6 Å². The summed E-state index contributed by atoms with van der Waals surface area (Å²) in [4.78, 5) is 12.7. The number of fused-ring (bicyclic) bond motifs is 1. The lowest BCUT2D eigenvalue weighted by molar-refractivity contribution is 0.0104. The first-order valence-corrected chi connectivity index (χ1v) is 7.89. The summed E-state index contributed by atoms with van der Waals surface area (Å²) >= 11 is 0.